The summed E-state index contributed by atoms with van der Waals surface area (Å²) in [5.41, 5.74) is 1.16. The van der Waals surface area contributed by atoms with Crippen LogP contribution in [0.2, 0.25) is 0 Å². The fourth-order valence-corrected chi connectivity index (χ4v) is 3.56. The van der Waals surface area contributed by atoms with Crippen LogP contribution < -0.4 is 10.6 Å². The molecule has 2 aliphatic heterocycles. The van der Waals surface area contributed by atoms with Crippen LogP contribution in [0.5, 0.6) is 0 Å². The van der Waals surface area contributed by atoms with E-state index in [-0.39, 0.29) is 29.8 Å². The van der Waals surface area contributed by atoms with Gasteiger partial charge in [-0.05, 0) is 45.5 Å². The number of likely N-dealkylation sites (tertiary alicyclic amines) is 2. The van der Waals surface area contributed by atoms with Gasteiger partial charge < -0.3 is 20.4 Å². The molecule has 3 amide bonds. The summed E-state index contributed by atoms with van der Waals surface area (Å²) in [7, 11) is 2.04. The zero-order chi connectivity index (χ0) is 18.7. The molecular formula is C19H26N4O3. The number of nitrogens with zero attached hydrogens (tertiary/aromatic N) is 2. The second-order valence-electron chi connectivity index (χ2n) is 7.24. The lowest BCUT2D eigenvalue weighted by Gasteiger charge is -2.19. The summed E-state index contributed by atoms with van der Waals surface area (Å²) in [6, 6.07) is 6.72. The average molecular weight is 358 g/mol. The molecule has 0 bridgehead atoms. The summed E-state index contributed by atoms with van der Waals surface area (Å²) in [5.74, 6) is -0.0869. The van der Waals surface area contributed by atoms with Crippen molar-refractivity contribution >= 4 is 17.7 Å². The molecule has 0 aromatic heterocycles. The Morgan fingerprint density at radius 2 is 1.50 bits per heavy atom. The van der Waals surface area contributed by atoms with Crippen LogP contribution in [0.1, 0.15) is 40.5 Å². The predicted molar refractivity (Wildman–Crippen MR) is 98.3 cm³/mol. The van der Waals surface area contributed by atoms with E-state index < -0.39 is 0 Å². The maximum absolute atomic E-state index is 12.6. The van der Waals surface area contributed by atoms with E-state index in [9.17, 15) is 14.4 Å². The molecule has 2 saturated heterocycles. The third-order valence-corrected chi connectivity index (χ3v) is 5.08. The molecule has 2 N–H and O–H groups in total. The SMILES string of the molecule is CC(=O)c1ccc(C(=O)N2CCC(NC(=O)NC3CCN(C)C3)C2)cc1. The molecule has 2 fully saturated rings. The second kappa shape index (κ2) is 7.86. The molecule has 7 heteroatoms. The number of ketones is 1. The molecule has 7 nitrogen and oxygen atoms in total. The number of benzene rings is 1. The van der Waals surface area contributed by atoms with E-state index in [2.05, 4.69) is 15.5 Å². The third-order valence-electron chi connectivity index (χ3n) is 5.08. The third kappa shape index (κ3) is 4.40. The number of amides is 3. The van der Waals surface area contributed by atoms with Crippen LogP contribution in [0.3, 0.4) is 0 Å². The van der Waals surface area contributed by atoms with Gasteiger partial charge in [0.15, 0.2) is 5.78 Å². The fourth-order valence-electron chi connectivity index (χ4n) is 3.56. The van der Waals surface area contributed by atoms with Gasteiger partial charge in [-0.3, -0.25) is 9.59 Å². The normalized spacial score (nSPS) is 23.1. The van der Waals surface area contributed by atoms with Crippen molar-refractivity contribution in [3.8, 4) is 0 Å². The first-order valence-electron chi connectivity index (χ1n) is 9.08. The Morgan fingerprint density at radius 3 is 2.08 bits per heavy atom. The highest BCUT2D eigenvalue weighted by atomic mass is 16.2. The first kappa shape index (κ1) is 18.4. The Bertz CT molecular complexity index is 689. The number of hydrogen-bond acceptors (Lipinski definition) is 4. The average Bonchev–Trinajstić information content (AvgIpc) is 3.23. The largest absolute Gasteiger partial charge is 0.337 e. The molecular weight excluding hydrogens is 332 g/mol. The van der Waals surface area contributed by atoms with Crippen LogP contribution in [0.4, 0.5) is 4.79 Å². The van der Waals surface area contributed by atoms with Gasteiger partial charge in [0, 0.05) is 42.8 Å². The minimum atomic E-state index is -0.157. The maximum atomic E-state index is 12.6. The highest BCUT2D eigenvalue weighted by Crippen LogP contribution is 2.15. The van der Waals surface area contributed by atoms with Gasteiger partial charge in [-0.15, -0.1) is 0 Å². The summed E-state index contributed by atoms with van der Waals surface area (Å²) < 4.78 is 0. The van der Waals surface area contributed by atoms with Crippen molar-refractivity contribution in [3.63, 3.8) is 0 Å². The first-order valence-corrected chi connectivity index (χ1v) is 9.08. The number of Topliss-reactive ketones (excluding diaryl/α,β-unsaturated/α-hetero) is 1. The summed E-state index contributed by atoms with van der Waals surface area (Å²) in [6.07, 6.45) is 1.71. The highest BCUT2D eigenvalue weighted by Gasteiger charge is 2.29. The van der Waals surface area contributed by atoms with E-state index in [1.807, 2.05) is 7.05 Å². The molecule has 0 saturated carbocycles. The van der Waals surface area contributed by atoms with Gasteiger partial charge in [0.25, 0.3) is 5.91 Å². The Labute approximate surface area is 153 Å². The molecule has 3 rings (SSSR count). The molecule has 1 aromatic rings. The van der Waals surface area contributed by atoms with Crippen LogP contribution in [-0.4, -0.2) is 72.8 Å². The van der Waals surface area contributed by atoms with Crippen LogP contribution in [-0.2, 0) is 0 Å². The standard InChI is InChI=1S/C19H26N4O3/c1-13(24)14-3-5-15(6-4-14)18(25)23-10-8-17(12-23)21-19(26)20-16-7-9-22(2)11-16/h3-6,16-17H,7-12H2,1-2H3,(H2,20,21,26). The van der Waals surface area contributed by atoms with E-state index >= 15 is 0 Å². The summed E-state index contributed by atoms with van der Waals surface area (Å²) >= 11 is 0. The highest BCUT2D eigenvalue weighted by molar-refractivity contribution is 5.97. The van der Waals surface area contributed by atoms with Crippen LogP contribution in [0.15, 0.2) is 24.3 Å². The molecule has 140 valence electrons. The van der Waals surface area contributed by atoms with Crippen molar-refractivity contribution in [2.24, 2.45) is 0 Å². The van der Waals surface area contributed by atoms with Crippen molar-refractivity contribution in [2.45, 2.75) is 31.8 Å². The number of urea groups is 1. The smallest absolute Gasteiger partial charge is 0.315 e. The van der Waals surface area contributed by atoms with Crippen LogP contribution in [0, 0.1) is 0 Å². The van der Waals surface area contributed by atoms with Crippen LogP contribution in [0.25, 0.3) is 0 Å². The van der Waals surface area contributed by atoms with Gasteiger partial charge in [-0.1, -0.05) is 12.1 Å². The van der Waals surface area contributed by atoms with E-state index in [1.54, 1.807) is 29.2 Å². The van der Waals surface area contributed by atoms with Crippen LogP contribution >= 0.6 is 0 Å². The molecule has 2 aliphatic rings. The lowest BCUT2D eigenvalue weighted by atomic mass is 10.1. The van der Waals surface area contributed by atoms with Crippen molar-refractivity contribution in [1.82, 2.24) is 20.4 Å². The van der Waals surface area contributed by atoms with Gasteiger partial charge >= 0.3 is 6.03 Å². The Hall–Kier alpha value is -2.41. The molecule has 0 radical (unpaired) electrons. The van der Waals surface area contributed by atoms with Gasteiger partial charge in [0.1, 0.15) is 0 Å². The van der Waals surface area contributed by atoms with Gasteiger partial charge in [0.05, 0.1) is 0 Å². The van der Waals surface area contributed by atoms with E-state index in [0.29, 0.717) is 24.2 Å². The fraction of sp³-hybridized carbons (Fsp3) is 0.526. The minimum Gasteiger partial charge on any atom is -0.337 e. The molecule has 2 unspecified atom stereocenters. The Kier molecular flexibility index (Phi) is 5.56. The van der Waals surface area contributed by atoms with E-state index in [0.717, 1.165) is 25.9 Å². The molecule has 2 heterocycles. The number of likely N-dealkylation sites (N-methyl/N-ethyl adjacent to an activating group) is 1. The zero-order valence-electron chi connectivity index (χ0n) is 15.3. The predicted octanol–water partition coefficient (Wildman–Crippen LogP) is 1.11. The zero-order valence-corrected chi connectivity index (χ0v) is 15.3. The van der Waals surface area contributed by atoms with Crippen molar-refractivity contribution in [3.05, 3.63) is 35.4 Å². The summed E-state index contributed by atoms with van der Waals surface area (Å²) in [4.78, 5) is 40.0. The lowest BCUT2D eigenvalue weighted by molar-refractivity contribution is 0.0788. The summed E-state index contributed by atoms with van der Waals surface area (Å²) in [5, 5.41) is 5.98. The topological polar surface area (TPSA) is 81.8 Å². The number of carbonyl (C=O) groups excluding carboxylic acids is 3. The molecule has 2 atom stereocenters. The van der Waals surface area contributed by atoms with Crippen molar-refractivity contribution < 1.29 is 14.4 Å². The molecule has 0 spiro atoms. The number of hydrogen-bond donors (Lipinski definition) is 2. The van der Waals surface area contributed by atoms with Crippen molar-refractivity contribution in [1.29, 1.82) is 0 Å². The van der Waals surface area contributed by atoms with Crippen molar-refractivity contribution in [2.75, 3.05) is 33.2 Å². The molecule has 26 heavy (non-hydrogen) atoms. The molecule has 1 aromatic carbocycles. The van der Waals surface area contributed by atoms with E-state index in [1.165, 1.54) is 6.92 Å². The lowest BCUT2D eigenvalue weighted by Crippen LogP contribution is -2.47. The number of carbonyl (C=O) groups is 3. The quantitative estimate of drug-likeness (QED) is 0.790. The Morgan fingerprint density at radius 1 is 0.923 bits per heavy atom. The van der Waals surface area contributed by atoms with E-state index in [4.69, 9.17) is 0 Å². The number of nitrogens with one attached hydrogen (secondary N) is 2. The number of rotatable bonds is 4. The second-order valence-corrected chi connectivity index (χ2v) is 7.24. The summed E-state index contributed by atoms with van der Waals surface area (Å²) in [6.45, 7) is 4.50. The minimum absolute atomic E-state index is 0.0195. The maximum Gasteiger partial charge on any atom is 0.315 e. The Balaban J connectivity index is 1.49. The van der Waals surface area contributed by atoms with Gasteiger partial charge in [-0.25, -0.2) is 4.79 Å². The first-order chi connectivity index (χ1) is 12.4. The molecule has 0 aliphatic carbocycles. The van der Waals surface area contributed by atoms with Gasteiger partial charge in [0.2, 0.25) is 0 Å². The monoisotopic (exact) mass is 358 g/mol. The van der Waals surface area contributed by atoms with Gasteiger partial charge in [-0.2, -0.15) is 0 Å².